The SMILES string of the molecule is Cc1ccc(S(=O)(=O)N(C)C(C)(C)C(=O)O)cc1C(N)=O. The van der Waals surface area contributed by atoms with E-state index < -0.39 is 27.4 Å². The lowest BCUT2D eigenvalue weighted by Crippen LogP contribution is -2.50. The Balaban J connectivity index is 3.42. The Bertz CT molecular complexity index is 695. The molecule has 0 aliphatic rings. The molecular formula is C13H18N2O5S. The number of aliphatic carboxylic acids is 1. The number of nitrogens with two attached hydrogens (primary N) is 1. The van der Waals surface area contributed by atoms with Crippen molar-refractivity contribution in [3.63, 3.8) is 0 Å². The Labute approximate surface area is 123 Å². The Morgan fingerprint density at radius 2 is 1.81 bits per heavy atom. The minimum Gasteiger partial charge on any atom is -0.480 e. The van der Waals surface area contributed by atoms with E-state index in [0.29, 0.717) is 5.56 Å². The summed E-state index contributed by atoms with van der Waals surface area (Å²) in [6.07, 6.45) is 0. The van der Waals surface area contributed by atoms with Crippen LogP contribution in [0.25, 0.3) is 0 Å². The van der Waals surface area contributed by atoms with Gasteiger partial charge in [0.2, 0.25) is 15.9 Å². The zero-order valence-electron chi connectivity index (χ0n) is 12.2. The van der Waals surface area contributed by atoms with Gasteiger partial charge in [0.15, 0.2) is 0 Å². The summed E-state index contributed by atoms with van der Waals surface area (Å²) in [6.45, 7) is 4.17. The lowest BCUT2D eigenvalue weighted by Gasteiger charge is -2.30. The molecule has 0 heterocycles. The average molecular weight is 314 g/mol. The number of rotatable bonds is 5. The van der Waals surface area contributed by atoms with Crippen LogP contribution in [0, 0.1) is 6.92 Å². The third-order valence-corrected chi connectivity index (χ3v) is 5.47. The highest BCUT2D eigenvalue weighted by atomic mass is 32.2. The standard InChI is InChI=1S/C13H18N2O5S/c1-8-5-6-9(7-10(8)11(14)16)21(19,20)15(4)13(2,3)12(17)18/h5-7H,1-4H3,(H2,14,16)(H,17,18). The molecule has 7 nitrogen and oxygen atoms in total. The Morgan fingerprint density at radius 1 is 1.29 bits per heavy atom. The number of carboxylic acid groups (broad SMARTS) is 1. The maximum absolute atomic E-state index is 12.5. The fourth-order valence-electron chi connectivity index (χ4n) is 1.62. The van der Waals surface area contributed by atoms with Crippen molar-refractivity contribution in [1.82, 2.24) is 4.31 Å². The molecule has 0 aliphatic carbocycles. The van der Waals surface area contributed by atoms with E-state index >= 15 is 0 Å². The fourth-order valence-corrected chi connectivity index (χ4v) is 3.12. The molecule has 0 unspecified atom stereocenters. The van der Waals surface area contributed by atoms with Gasteiger partial charge >= 0.3 is 5.97 Å². The van der Waals surface area contributed by atoms with Gasteiger partial charge in [0.25, 0.3) is 0 Å². The first-order valence-electron chi connectivity index (χ1n) is 6.05. The summed E-state index contributed by atoms with van der Waals surface area (Å²) in [6, 6.07) is 3.92. The summed E-state index contributed by atoms with van der Waals surface area (Å²) in [5, 5.41) is 9.13. The van der Waals surface area contributed by atoms with Gasteiger partial charge < -0.3 is 10.8 Å². The van der Waals surface area contributed by atoms with Crippen LogP contribution in [0.3, 0.4) is 0 Å². The van der Waals surface area contributed by atoms with Gasteiger partial charge in [-0.2, -0.15) is 4.31 Å². The predicted molar refractivity (Wildman–Crippen MR) is 76.4 cm³/mol. The van der Waals surface area contributed by atoms with Crippen LogP contribution in [0.2, 0.25) is 0 Å². The van der Waals surface area contributed by atoms with E-state index in [4.69, 9.17) is 10.8 Å². The van der Waals surface area contributed by atoms with Crippen molar-refractivity contribution < 1.29 is 23.1 Å². The van der Waals surface area contributed by atoms with Gasteiger partial charge in [-0.3, -0.25) is 9.59 Å². The van der Waals surface area contributed by atoms with Crippen molar-refractivity contribution in [3.8, 4) is 0 Å². The number of hydrogen-bond donors (Lipinski definition) is 2. The fraction of sp³-hybridized carbons (Fsp3) is 0.385. The first-order chi connectivity index (χ1) is 9.42. The summed E-state index contributed by atoms with van der Waals surface area (Å²) in [5.74, 6) is -2.03. The van der Waals surface area contributed by atoms with Crippen LogP contribution in [0.1, 0.15) is 29.8 Å². The first kappa shape index (κ1) is 17.1. The van der Waals surface area contributed by atoms with Crippen molar-refractivity contribution in [3.05, 3.63) is 29.3 Å². The molecule has 116 valence electrons. The van der Waals surface area contributed by atoms with Crippen molar-refractivity contribution in [2.45, 2.75) is 31.2 Å². The summed E-state index contributed by atoms with van der Waals surface area (Å²) < 4.78 is 25.7. The summed E-state index contributed by atoms with van der Waals surface area (Å²) in [7, 11) is -2.90. The summed E-state index contributed by atoms with van der Waals surface area (Å²) in [4.78, 5) is 22.3. The van der Waals surface area contributed by atoms with Crippen molar-refractivity contribution in [2.24, 2.45) is 5.73 Å². The molecule has 21 heavy (non-hydrogen) atoms. The van der Waals surface area contributed by atoms with Crippen LogP contribution >= 0.6 is 0 Å². The number of likely N-dealkylation sites (N-methyl/N-ethyl adjacent to an activating group) is 1. The topological polar surface area (TPSA) is 118 Å². The molecule has 0 aliphatic heterocycles. The highest BCUT2D eigenvalue weighted by Crippen LogP contribution is 2.24. The quantitative estimate of drug-likeness (QED) is 0.824. The largest absolute Gasteiger partial charge is 0.480 e. The molecule has 0 saturated carbocycles. The van der Waals surface area contributed by atoms with Crippen LogP contribution in [-0.4, -0.2) is 42.3 Å². The van der Waals surface area contributed by atoms with E-state index in [0.717, 1.165) is 10.4 Å². The number of carbonyl (C=O) groups is 2. The van der Waals surface area contributed by atoms with Gasteiger partial charge in [-0.05, 0) is 38.5 Å². The number of carboxylic acids is 1. The van der Waals surface area contributed by atoms with E-state index in [2.05, 4.69) is 0 Å². The number of primary amides is 1. The predicted octanol–water partition coefficient (Wildman–Crippen LogP) is 0.578. The van der Waals surface area contributed by atoms with Crippen LogP contribution in [0.5, 0.6) is 0 Å². The van der Waals surface area contributed by atoms with E-state index in [1.165, 1.54) is 33.0 Å². The molecule has 0 radical (unpaired) electrons. The van der Waals surface area contributed by atoms with Crippen molar-refractivity contribution >= 4 is 21.9 Å². The van der Waals surface area contributed by atoms with Crippen LogP contribution in [-0.2, 0) is 14.8 Å². The second-order valence-corrected chi connectivity index (χ2v) is 7.15. The molecule has 0 spiro atoms. The number of benzene rings is 1. The molecule has 0 atom stereocenters. The number of nitrogens with zero attached hydrogens (tertiary/aromatic N) is 1. The minimum absolute atomic E-state index is 0.0811. The second-order valence-electron chi connectivity index (χ2n) is 5.18. The molecule has 0 saturated heterocycles. The van der Waals surface area contributed by atoms with Crippen LogP contribution < -0.4 is 5.73 Å². The molecule has 1 rings (SSSR count). The Morgan fingerprint density at radius 3 is 2.24 bits per heavy atom. The van der Waals surface area contributed by atoms with Crippen LogP contribution in [0.4, 0.5) is 0 Å². The highest BCUT2D eigenvalue weighted by Gasteiger charge is 2.40. The molecule has 3 N–H and O–H groups in total. The molecule has 1 aromatic rings. The number of sulfonamides is 1. The zero-order valence-corrected chi connectivity index (χ0v) is 13.1. The molecular weight excluding hydrogens is 296 g/mol. The van der Waals surface area contributed by atoms with Crippen LogP contribution in [0.15, 0.2) is 23.1 Å². The first-order valence-corrected chi connectivity index (χ1v) is 7.49. The molecule has 1 aromatic carbocycles. The second kappa shape index (κ2) is 5.45. The van der Waals surface area contributed by atoms with E-state index in [1.807, 2.05) is 0 Å². The number of carbonyl (C=O) groups excluding carboxylic acids is 1. The summed E-state index contributed by atoms with van der Waals surface area (Å²) >= 11 is 0. The zero-order chi connectivity index (χ0) is 16.6. The average Bonchev–Trinajstić information content (AvgIpc) is 2.37. The van der Waals surface area contributed by atoms with Gasteiger partial charge in [0.05, 0.1) is 4.90 Å². The van der Waals surface area contributed by atoms with Gasteiger partial charge in [-0.15, -0.1) is 0 Å². The van der Waals surface area contributed by atoms with Gasteiger partial charge in [0, 0.05) is 12.6 Å². The molecule has 0 fully saturated rings. The normalized spacial score (nSPS) is 12.4. The monoisotopic (exact) mass is 314 g/mol. The number of hydrogen-bond acceptors (Lipinski definition) is 4. The third kappa shape index (κ3) is 3.06. The number of aryl methyl sites for hydroxylation is 1. The van der Waals surface area contributed by atoms with Gasteiger partial charge in [-0.1, -0.05) is 6.07 Å². The molecule has 1 amide bonds. The molecule has 0 bridgehead atoms. The Kier molecular flexibility index (Phi) is 4.45. The smallest absolute Gasteiger partial charge is 0.324 e. The van der Waals surface area contributed by atoms with Gasteiger partial charge in [0.1, 0.15) is 5.54 Å². The molecule has 0 aromatic heterocycles. The highest BCUT2D eigenvalue weighted by molar-refractivity contribution is 7.89. The maximum Gasteiger partial charge on any atom is 0.324 e. The minimum atomic E-state index is -4.07. The van der Waals surface area contributed by atoms with E-state index in [1.54, 1.807) is 6.92 Å². The summed E-state index contributed by atoms with van der Waals surface area (Å²) in [5.41, 5.74) is 4.19. The van der Waals surface area contributed by atoms with Crippen molar-refractivity contribution in [2.75, 3.05) is 7.05 Å². The van der Waals surface area contributed by atoms with E-state index in [9.17, 15) is 18.0 Å². The third-order valence-electron chi connectivity index (χ3n) is 3.44. The number of amides is 1. The Hall–Kier alpha value is -1.93. The van der Waals surface area contributed by atoms with E-state index in [-0.39, 0.29) is 10.5 Å². The maximum atomic E-state index is 12.5. The van der Waals surface area contributed by atoms with Gasteiger partial charge in [-0.25, -0.2) is 8.42 Å². The van der Waals surface area contributed by atoms with Crippen molar-refractivity contribution in [1.29, 1.82) is 0 Å². The molecule has 8 heteroatoms. The lowest BCUT2D eigenvalue weighted by molar-refractivity contribution is -0.145. The lowest BCUT2D eigenvalue weighted by atomic mass is 10.1.